The average Bonchev–Trinajstić information content (AvgIpc) is 3.06. The normalized spacial score (nSPS) is 11.0. The van der Waals surface area contributed by atoms with Gasteiger partial charge in [-0.05, 0) is 52.7 Å². The molecule has 6 nitrogen and oxygen atoms in total. The number of amides is 1. The summed E-state index contributed by atoms with van der Waals surface area (Å²) in [5.41, 5.74) is 3.85. The summed E-state index contributed by atoms with van der Waals surface area (Å²) in [6, 6.07) is 12.7. The highest BCUT2D eigenvalue weighted by Crippen LogP contribution is 2.36. The molecule has 0 aliphatic rings. The summed E-state index contributed by atoms with van der Waals surface area (Å²) in [4.78, 5) is 12.2. The fourth-order valence-corrected chi connectivity index (χ4v) is 3.06. The minimum Gasteiger partial charge on any atom is -0.492 e. The third-order valence-electron chi connectivity index (χ3n) is 3.56. The van der Waals surface area contributed by atoms with Gasteiger partial charge in [-0.3, -0.25) is 4.79 Å². The lowest BCUT2D eigenvalue weighted by Crippen LogP contribution is -2.16. The van der Waals surface area contributed by atoms with Crippen molar-refractivity contribution in [3.8, 4) is 11.5 Å². The van der Waals surface area contributed by atoms with E-state index in [0.29, 0.717) is 23.7 Å². The quantitative estimate of drug-likeness (QED) is 0.478. The number of nitrogens with one attached hydrogen (secondary N) is 1. The van der Waals surface area contributed by atoms with E-state index in [1.807, 2.05) is 31.2 Å². The number of nitrogens with zero attached hydrogens (tertiary/aromatic N) is 1. The molecule has 0 aliphatic carbocycles. The van der Waals surface area contributed by atoms with Gasteiger partial charge in [-0.1, -0.05) is 18.2 Å². The molecule has 0 atom stereocenters. The second-order valence-electron chi connectivity index (χ2n) is 5.31. The van der Waals surface area contributed by atoms with Crippen molar-refractivity contribution in [2.75, 3.05) is 13.7 Å². The van der Waals surface area contributed by atoms with E-state index in [0.717, 1.165) is 15.4 Å². The van der Waals surface area contributed by atoms with Crippen LogP contribution in [0.4, 0.5) is 0 Å². The van der Waals surface area contributed by atoms with Crippen molar-refractivity contribution < 1.29 is 18.7 Å². The Balaban J connectivity index is 1.74. The summed E-state index contributed by atoms with van der Waals surface area (Å²) >= 11 is 3.44. The van der Waals surface area contributed by atoms with Crippen LogP contribution in [0.5, 0.6) is 11.5 Å². The third-order valence-corrected chi connectivity index (χ3v) is 4.15. The number of hydrazone groups is 1. The maximum atomic E-state index is 12.2. The zero-order valence-corrected chi connectivity index (χ0v) is 15.9. The number of carbonyl (C=O) groups excluding carboxylic acids is 1. The van der Waals surface area contributed by atoms with Crippen molar-refractivity contribution in [1.82, 2.24) is 5.43 Å². The van der Waals surface area contributed by atoms with Crippen LogP contribution in [0.15, 0.2) is 56.5 Å². The minimum absolute atomic E-state index is 0.203. The number of hydrogen-bond donors (Lipinski definition) is 1. The van der Waals surface area contributed by atoms with Crippen LogP contribution in [0.2, 0.25) is 0 Å². The smallest absolute Gasteiger partial charge is 0.307 e. The van der Waals surface area contributed by atoms with Gasteiger partial charge in [-0.2, -0.15) is 5.10 Å². The van der Waals surface area contributed by atoms with Gasteiger partial charge < -0.3 is 13.9 Å². The Kier molecular flexibility index (Phi) is 5.58. The molecule has 0 radical (unpaired) electrons. The number of halogens is 1. The van der Waals surface area contributed by atoms with E-state index >= 15 is 0 Å². The maximum absolute atomic E-state index is 12.2. The summed E-state index contributed by atoms with van der Waals surface area (Å²) in [7, 11) is 1.57. The van der Waals surface area contributed by atoms with Gasteiger partial charge in [0.2, 0.25) is 0 Å². The van der Waals surface area contributed by atoms with Gasteiger partial charge >= 0.3 is 5.91 Å². The molecule has 0 fully saturated rings. The van der Waals surface area contributed by atoms with Crippen molar-refractivity contribution in [3.05, 3.63) is 58.3 Å². The number of para-hydroxylation sites is 1. The molecule has 0 saturated heterocycles. The van der Waals surface area contributed by atoms with E-state index in [1.165, 1.54) is 6.21 Å². The predicted octanol–water partition coefficient (Wildman–Crippen LogP) is 4.37. The lowest BCUT2D eigenvalue weighted by molar-refractivity contribution is 0.0929. The van der Waals surface area contributed by atoms with Gasteiger partial charge in [0.15, 0.2) is 17.3 Å². The zero-order valence-electron chi connectivity index (χ0n) is 14.3. The van der Waals surface area contributed by atoms with E-state index < -0.39 is 5.91 Å². The molecule has 7 heteroatoms. The number of hydrogen-bond acceptors (Lipinski definition) is 5. The second kappa shape index (κ2) is 8.05. The minimum atomic E-state index is -0.421. The van der Waals surface area contributed by atoms with Crippen molar-refractivity contribution in [2.45, 2.75) is 6.92 Å². The van der Waals surface area contributed by atoms with E-state index in [-0.39, 0.29) is 5.76 Å². The van der Waals surface area contributed by atoms with E-state index in [2.05, 4.69) is 26.5 Å². The van der Waals surface area contributed by atoms with Crippen LogP contribution in [0, 0.1) is 0 Å². The van der Waals surface area contributed by atoms with Crippen LogP contribution in [-0.2, 0) is 0 Å². The molecule has 0 aliphatic heterocycles. The first-order chi connectivity index (χ1) is 12.6. The average molecular weight is 417 g/mol. The van der Waals surface area contributed by atoms with Gasteiger partial charge in [0.1, 0.15) is 5.58 Å². The van der Waals surface area contributed by atoms with Crippen LogP contribution in [0.3, 0.4) is 0 Å². The van der Waals surface area contributed by atoms with E-state index in [4.69, 9.17) is 13.9 Å². The Morgan fingerprint density at radius 2 is 2.12 bits per heavy atom. The number of carbonyl (C=O) groups is 1. The predicted molar refractivity (Wildman–Crippen MR) is 103 cm³/mol. The molecule has 1 aromatic heterocycles. The third kappa shape index (κ3) is 3.88. The molecule has 3 aromatic rings. The number of fused-ring (bicyclic) bond motifs is 1. The van der Waals surface area contributed by atoms with Crippen molar-refractivity contribution >= 4 is 39.0 Å². The van der Waals surface area contributed by atoms with Gasteiger partial charge in [0, 0.05) is 5.39 Å². The van der Waals surface area contributed by atoms with Crippen LogP contribution < -0.4 is 14.9 Å². The highest BCUT2D eigenvalue weighted by molar-refractivity contribution is 9.10. The molecule has 0 saturated carbocycles. The van der Waals surface area contributed by atoms with Crippen LogP contribution in [-0.4, -0.2) is 25.8 Å². The Labute approximate surface area is 158 Å². The summed E-state index contributed by atoms with van der Waals surface area (Å²) in [5.74, 6) is 0.981. The molecule has 2 aromatic carbocycles. The lowest BCUT2D eigenvalue weighted by atomic mass is 10.2. The zero-order chi connectivity index (χ0) is 18.5. The Hall–Kier alpha value is -2.80. The molecule has 26 heavy (non-hydrogen) atoms. The van der Waals surface area contributed by atoms with Crippen molar-refractivity contribution in [3.63, 3.8) is 0 Å². The topological polar surface area (TPSA) is 73.1 Å². The fraction of sp³-hybridized carbons (Fsp3) is 0.158. The first kappa shape index (κ1) is 18.0. The number of furan rings is 1. The van der Waals surface area contributed by atoms with Crippen LogP contribution >= 0.6 is 15.9 Å². The van der Waals surface area contributed by atoms with Gasteiger partial charge in [-0.15, -0.1) is 0 Å². The number of benzene rings is 2. The summed E-state index contributed by atoms with van der Waals surface area (Å²) in [5, 5.41) is 4.85. The molecule has 1 N–H and O–H groups in total. The van der Waals surface area contributed by atoms with Gasteiger partial charge in [0.25, 0.3) is 0 Å². The van der Waals surface area contributed by atoms with E-state index in [1.54, 1.807) is 25.3 Å². The maximum Gasteiger partial charge on any atom is 0.307 e. The number of ether oxygens (including phenoxy) is 2. The van der Waals surface area contributed by atoms with Crippen LogP contribution in [0.1, 0.15) is 23.0 Å². The molecule has 0 spiro atoms. The monoisotopic (exact) mass is 416 g/mol. The second-order valence-corrected chi connectivity index (χ2v) is 6.17. The molecule has 3 rings (SSSR count). The highest BCUT2D eigenvalue weighted by Gasteiger charge is 2.12. The fourth-order valence-electron chi connectivity index (χ4n) is 2.44. The van der Waals surface area contributed by atoms with Crippen LogP contribution in [0.25, 0.3) is 11.0 Å². The number of methoxy groups -OCH3 is 1. The van der Waals surface area contributed by atoms with Crippen molar-refractivity contribution in [1.29, 1.82) is 0 Å². The Morgan fingerprint density at radius 3 is 2.85 bits per heavy atom. The number of rotatable bonds is 6. The Morgan fingerprint density at radius 1 is 1.31 bits per heavy atom. The first-order valence-electron chi connectivity index (χ1n) is 7.94. The molecule has 0 unspecified atom stereocenters. The lowest BCUT2D eigenvalue weighted by Gasteiger charge is -2.11. The van der Waals surface area contributed by atoms with Gasteiger partial charge in [-0.25, -0.2) is 5.43 Å². The summed E-state index contributed by atoms with van der Waals surface area (Å²) < 4.78 is 17.1. The van der Waals surface area contributed by atoms with Crippen molar-refractivity contribution in [2.24, 2.45) is 5.10 Å². The molecule has 1 heterocycles. The summed E-state index contributed by atoms with van der Waals surface area (Å²) in [6.07, 6.45) is 1.52. The first-order valence-corrected chi connectivity index (χ1v) is 8.74. The van der Waals surface area contributed by atoms with Gasteiger partial charge in [0.05, 0.1) is 24.4 Å². The highest BCUT2D eigenvalue weighted by atomic mass is 79.9. The molecular weight excluding hydrogens is 400 g/mol. The standard InChI is InChI=1S/C19H17BrN2O4/c1-3-25-16-9-12(8-14(20)18(16)24-2)11-21-22-19(23)17-10-13-6-4-5-7-15(13)26-17/h4-11H,3H2,1-2H3,(H,22,23)/b21-11+. The SMILES string of the molecule is CCOc1cc(/C=N/NC(=O)c2cc3ccccc3o2)cc(Br)c1OC. The molecule has 0 bridgehead atoms. The Bertz CT molecular complexity index is 932. The summed E-state index contributed by atoms with van der Waals surface area (Å²) in [6.45, 7) is 2.40. The molecular formula is C19H17BrN2O4. The largest absolute Gasteiger partial charge is 0.492 e. The molecule has 134 valence electrons. The molecule has 1 amide bonds. The van der Waals surface area contributed by atoms with E-state index in [9.17, 15) is 4.79 Å².